The Morgan fingerprint density at radius 1 is 0.491 bits per heavy atom. The maximum Gasteiger partial charge on any atom is 0.247 e. The van der Waals surface area contributed by atoms with Crippen LogP contribution in [0, 0.1) is 0 Å². The maximum absolute atomic E-state index is 15.1. The highest BCUT2D eigenvalue weighted by atomic mass is 16.1. The van der Waals surface area contributed by atoms with E-state index in [0.717, 1.165) is 56.2 Å². The number of fused-ring (bicyclic) bond motifs is 9. The molecule has 0 atom stereocenters. The zero-order valence-corrected chi connectivity index (χ0v) is 30.8. The molecule has 0 radical (unpaired) electrons. The fraction of sp³-hybridized carbons (Fsp3) is 0.0196. The zero-order chi connectivity index (χ0) is 37.8. The van der Waals surface area contributed by atoms with Crippen LogP contribution in [0.2, 0.25) is 0 Å². The van der Waals surface area contributed by atoms with Crippen LogP contribution in [0.15, 0.2) is 192 Å². The molecule has 0 spiro atoms. The normalized spacial score (nSPS) is 12.9. The average molecular weight is 730 g/mol. The highest BCUT2D eigenvalue weighted by Gasteiger charge is 2.42. The van der Waals surface area contributed by atoms with Gasteiger partial charge in [-0.1, -0.05) is 103 Å². The molecule has 6 heteroatoms. The third-order valence-electron chi connectivity index (χ3n) is 12.2. The molecule has 2 aliphatic heterocycles. The molecular weight excluding hydrogens is 697 g/mol. The molecule has 0 N–H and O–H groups in total. The van der Waals surface area contributed by atoms with Gasteiger partial charge in [0.05, 0.1) is 16.6 Å². The van der Waals surface area contributed by atoms with Crippen molar-refractivity contribution in [1.82, 2.24) is 4.40 Å². The Morgan fingerprint density at radius 3 is 1.88 bits per heavy atom. The molecule has 0 bridgehead atoms. The maximum atomic E-state index is 15.1. The number of nitrogens with zero attached hydrogens (tertiary/aromatic N) is 3. The average Bonchev–Trinajstić information content (AvgIpc) is 3.27. The smallest absolute Gasteiger partial charge is 0.247 e. The van der Waals surface area contributed by atoms with Crippen molar-refractivity contribution in [2.24, 2.45) is 0 Å². The van der Waals surface area contributed by atoms with Gasteiger partial charge in [0.15, 0.2) is 10.9 Å². The van der Waals surface area contributed by atoms with Gasteiger partial charge in [-0.25, -0.2) is 0 Å². The van der Waals surface area contributed by atoms with Crippen LogP contribution in [0.4, 0.5) is 34.1 Å². The fourth-order valence-corrected chi connectivity index (χ4v) is 9.88. The Morgan fingerprint density at radius 2 is 1.12 bits per heavy atom. The number of aromatic nitrogens is 1. The summed E-state index contributed by atoms with van der Waals surface area (Å²) in [6, 6.07) is 62.8. The van der Waals surface area contributed by atoms with Crippen molar-refractivity contribution < 1.29 is 0 Å². The molecule has 2 aromatic heterocycles. The zero-order valence-electron chi connectivity index (χ0n) is 30.8. The van der Waals surface area contributed by atoms with E-state index < -0.39 is 0 Å². The van der Waals surface area contributed by atoms with Crippen molar-refractivity contribution in [3.63, 3.8) is 0 Å². The van der Waals surface area contributed by atoms with E-state index in [1.54, 1.807) is 0 Å². The molecule has 10 aromatic rings. The summed E-state index contributed by atoms with van der Waals surface area (Å²) < 4.78 is 2.16. The Kier molecular flexibility index (Phi) is 6.73. The lowest BCUT2D eigenvalue weighted by Gasteiger charge is -2.41. The summed E-state index contributed by atoms with van der Waals surface area (Å²) >= 11 is 0. The van der Waals surface area contributed by atoms with Crippen LogP contribution >= 0.6 is 0 Å². The highest BCUT2D eigenvalue weighted by molar-refractivity contribution is 6.99. The van der Waals surface area contributed by atoms with Crippen LogP contribution in [0.3, 0.4) is 0 Å². The molecule has 4 heterocycles. The Balaban J connectivity index is 1.21. The van der Waals surface area contributed by atoms with E-state index in [1.807, 2.05) is 42.5 Å². The first kappa shape index (κ1) is 31.9. The lowest BCUT2D eigenvalue weighted by Crippen LogP contribution is -2.61. The molecule has 0 saturated heterocycles. The number of benzene rings is 8. The second kappa shape index (κ2) is 12.0. The van der Waals surface area contributed by atoms with Crippen molar-refractivity contribution in [3.8, 4) is 0 Å². The number of anilines is 6. The molecule has 0 aliphatic carbocycles. The molecule has 8 aromatic carbocycles. The molecule has 0 amide bonds. The molecule has 0 saturated carbocycles. The molecule has 12 rings (SSSR count). The Labute approximate surface area is 328 Å². The first-order valence-electron chi connectivity index (χ1n) is 19.4. The minimum atomic E-state index is -0.105. The minimum absolute atomic E-state index is 0.0350. The van der Waals surface area contributed by atoms with Gasteiger partial charge in [-0.3, -0.25) is 9.59 Å². The molecule has 0 fully saturated rings. The number of hydrogen-bond acceptors (Lipinski definition) is 4. The summed E-state index contributed by atoms with van der Waals surface area (Å²) in [6.45, 7) is -0.105. The number of pyridine rings is 2. The van der Waals surface area contributed by atoms with E-state index in [-0.39, 0.29) is 17.6 Å². The van der Waals surface area contributed by atoms with Gasteiger partial charge in [-0.2, -0.15) is 0 Å². The SMILES string of the molecule is O=c1c2ccccc2n2c3ccc4c(c3c(=O)c3cccc1c32)Cc1cc(N(c2ccccc2)c2ccccc2)cc2c1B4c1ccccc1N2c1ccccc1. The molecular formula is C51H32BN3O2. The third-order valence-corrected chi connectivity index (χ3v) is 12.2. The van der Waals surface area contributed by atoms with E-state index in [1.165, 1.54) is 16.5 Å². The van der Waals surface area contributed by atoms with Crippen LogP contribution in [0.25, 0.3) is 38.1 Å². The van der Waals surface area contributed by atoms with E-state index in [9.17, 15) is 4.79 Å². The van der Waals surface area contributed by atoms with Crippen LogP contribution in [0.5, 0.6) is 0 Å². The third kappa shape index (κ3) is 4.47. The number of rotatable bonds is 4. The summed E-state index contributed by atoms with van der Waals surface area (Å²) in [6.07, 6.45) is 0.572. The summed E-state index contributed by atoms with van der Waals surface area (Å²) in [4.78, 5) is 33.7. The lowest BCUT2D eigenvalue weighted by molar-refractivity contribution is 1.18. The summed E-state index contributed by atoms with van der Waals surface area (Å²) in [5.41, 5.74) is 14.5. The van der Waals surface area contributed by atoms with Gasteiger partial charge in [0.1, 0.15) is 0 Å². The van der Waals surface area contributed by atoms with Crippen LogP contribution < -0.4 is 37.0 Å². The summed E-state index contributed by atoms with van der Waals surface area (Å²) in [5.74, 6) is 0. The predicted molar refractivity (Wildman–Crippen MR) is 237 cm³/mol. The van der Waals surface area contributed by atoms with E-state index in [4.69, 9.17) is 0 Å². The van der Waals surface area contributed by atoms with Crippen molar-refractivity contribution >= 4 is 95.3 Å². The minimum Gasteiger partial charge on any atom is -0.311 e. The highest BCUT2D eigenvalue weighted by Crippen LogP contribution is 2.43. The summed E-state index contributed by atoms with van der Waals surface area (Å²) in [5, 5.41) is 2.48. The topological polar surface area (TPSA) is 45.0 Å². The number of para-hydroxylation sites is 6. The predicted octanol–water partition coefficient (Wildman–Crippen LogP) is 9.23. The summed E-state index contributed by atoms with van der Waals surface area (Å²) in [7, 11) is 0. The molecule has 5 nitrogen and oxygen atoms in total. The molecule has 0 unspecified atom stereocenters. The Hall–Kier alpha value is -7.44. The van der Waals surface area contributed by atoms with Crippen molar-refractivity contribution in [1.29, 1.82) is 0 Å². The second-order valence-electron chi connectivity index (χ2n) is 15.1. The van der Waals surface area contributed by atoms with Crippen molar-refractivity contribution in [2.75, 3.05) is 9.80 Å². The fourth-order valence-electron chi connectivity index (χ4n) is 9.88. The van der Waals surface area contributed by atoms with Gasteiger partial charge < -0.3 is 14.2 Å². The van der Waals surface area contributed by atoms with E-state index in [2.05, 4.69) is 154 Å². The second-order valence-corrected chi connectivity index (χ2v) is 15.1. The first-order chi connectivity index (χ1) is 28.2. The molecule has 266 valence electrons. The standard InChI is InChI=1S/C51H32BN3O2/c56-50-37-21-10-12-25-43(37)55-45-28-27-41-40(47(45)51(57)39-23-14-22-38(50)49(39)55)30-32-29-36(53(33-15-4-1-5-16-33)34-17-6-2-7-18-34)31-46-48(32)52(41)42-24-11-13-26-44(42)54(46)35-19-8-3-9-20-35/h1-29,31H,30H2. The van der Waals surface area contributed by atoms with Gasteiger partial charge in [0.2, 0.25) is 6.71 Å². The molecule has 2 aliphatic rings. The first-order valence-corrected chi connectivity index (χ1v) is 19.4. The quantitative estimate of drug-likeness (QED) is 0.103. The number of hydrogen-bond donors (Lipinski definition) is 0. The van der Waals surface area contributed by atoms with Gasteiger partial charge >= 0.3 is 0 Å². The van der Waals surface area contributed by atoms with E-state index in [0.29, 0.717) is 33.5 Å². The van der Waals surface area contributed by atoms with Crippen molar-refractivity contribution in [3.05, 3.63) is 214 Å². The Bertz CT molecular complexity index is 3350. The van der Waals surface area contributed by atoms with E-state index >= 15 is 4.79 Å². The van der Waals surface area contributed by atoms with Crippen LogP contribution in [-0.2, 0) is 6.42 Å². The van der Waals surface area contributed by atoms with Gasteiger partial charge in [-0.05, 0) is 113 Å². The largest absolute Gasteiger partial charge is 0.311 e. The monoisotopic (exact) mass is 729 g/mol. The van der Waals surface area contributed by atoms with Gasteiger partial charge in [0.25, 0.3) is 0 Å². The van der Waals surface area contributed by atoms with Crippen LogP contribution in [-0.4, -0.2) is 11.1 Å². The lowest BCUT2D eigenvalue weighted by atomic mass is 9.32. The van der Waals surface area contributed by atoms with Crippen molar-refractivity contribution in [2.45, 2.75) is 6.42 Å². The van der Waals surface area contributed by atoms with Crippen LogP contribution in [0.1, 0.15) is 11.1 Å². The molecule has 57 heavy (non-hydrogen) atoms. The van der Waals surface area contributed by atoms with Gasteiger partial charge in [0, 0.05) is 55.7 Å². The van der Waals surface area contributed by atoms with Gasteiger partial charge in [-0.15, -0.1) is 0 Å².